The Bertz CT molecular complexity index is 922. The van der Waals surface area contributed by atoms with Gasteiger partial charge in [-0.25, -0.2) is 4.98 Å². The lowest BCUT2D eigenvalue weighted by Crippen LogP contribution is -1.95. The molecule has 0 aliphatic heterocycles. The highest BCUT2D eigenvalue weighted by Gasteiger charge is 2.06. The topological polar surface area (TPSA) is 22.1 Å². The molecule has 0 saturated carbocycles. The standard InChI is InChI=1S/C21H17NOS/c1-15-6-8-16(9-7-15)14-23-18-12-10-17(11-13-18)21-22-19-4-2-3-5-20(19)24-21/h2-13H,14H2,1H3. The summed E-state index contributed by atoms with van der Waals surface area (Å²) in [7, 11) is 0. The van der Waals surface area contributed by atoms with Crippen LogP contribution in [0.4, 0.5) is 0 Å². The minimum absolute atomic E-state index is 0.584. The highest BCUT2D eigenvalue weighted by Crippen LogP contribution is 2.30. The zero-order valence-corrected chi connectivity index (χ0v) is 14.2. The van der Waals surface area contributed by atoms with Gasteiger partial charge in [0, 0.05) is 5.56 Å². The second-order valence-electron chi connectivity index (χ2n) is 5.79. The summed E-state index contributed by atoms with van der Waals surface area (Å²) in [6, 6.07) is 24.8. The van der Waals surface area contributed by atoms with Crippen LogP contribution >= 0.6 is 11.3 Å². The summed E-state index contributed by atoms with van der Waals surface area (Å²) in [6.07, 6.45) is 0. The van der Waals surface area contributed by atoms with Gasteiger partial charge in [0.15, 0.2) is 0 Å². The molecule has 4 aromatic rings. The molecule has 1 aromatic heterocycles. The summed E-state index contributed by atoms with van der Waals surface area (Å²) in [5.74, 6) is 0.875. The summed E-state index contributed by atoms with van der Waals surface area (Å²) in [6.45, 7) is 2.67. The Morgan fingerprint density at radius 2 is 1.62 bits per heavy atom. The van der Waals surface area contributed by atoms with Crippen LogP contribution < -0.4 is 4.74 Å². The third-order valence-corrected chi connectivity index (χ3v) is 5.01. The van der Waals surface area contributed by atoms with Crippen molar-refractivity contribution in [2.45, 2.75) is 13.5 Å². The first kappa shape index (κ1) is 14.9. The van der Waals surface area contributed by atoms with Gasteiger partial charge in [-0.15, -0.1) is 11.3 Å². The Morgan fingerprint density at radius 3 is 2.38 bits per heavy atom. The molecule has 24 heavy (non-hydrogen) atoms. The molecule has 118 valence electrons. The number of fused-ring (bicyclic) bond motifs is 1. The van der Waals surface area contributed by atoms with E-state index in [9.17, 15) is 0 Å². The first-order valence-corrected chi connectivity index (χ1v) is 8.74. The van der Waals surface area contributed by atoms with Gasteiger partial charge >= 0.3 is 0 Å². The fourth-order valence-corrected chi connectivity index (χ4v) is 3.51. The van der Waals surface area contributed by atoms with Crippen molar-refractivity contribution in [1.82, 2.24) is 4.98 Å². The SMILES string of the molecule is Cc1ccc(COc2ccc(-c3nc4ccccc4s3)cc2)cc1. The van der Waals surface area contributed by atoms with Crippen molar-refractivity contribution in [2.75, 3.05) is 0 Å². The van der Waals surface area contributed by atoms with Gasteiger partial charge in [0.2, 0.25) is 0 Å². The van der Waals surface area contributed by atoms with E-state index < -0.39 is 0 Å². The van der Waals surface area contributed by atoms with Gasteiger partial charge in [-0.2, -0.15) is 0 Å². The lowest BCUT2D eigenvalue weighted by atomic mass is 10.2. The molecule has 3 heteroatoms. The van der Waals surface area contributed by atoms with E-state index in [1.165, 1.54) is 15.8 Å². The normalized spacial score (nSPS) is 10.9. The number of nitrogens with zero attached hydrogens (tertiary/aromatic N) is 1. The molecule has 0 aliphatic carbocycles. The molecule has 1 heterocycles. The van der Waals surface area contributed by atoms with Crippen LogP contribution in [0.15, 0.2) is 72.8 Å². The predicted molar refractivity (Wildman–Crippen MR) is 101 cm³/mol. The number of aromatic nitrogens is 1. The third kappa shape index (κ3) is 3.17. The van der Waals surface area contributed by atoms with Crippen molar-refractivity contribution in [3.8, 4) is 16.3 Å². The third-order valence-electron chi connectivity index (χ3n) is 3.92. The van der Waals surface area contributed by atoms with Crippen molar-refractivity contribution >= 4 is 21.6 Å². The van der Waals surface area contributed by atoms with E-state index in [2.05, 4.69) is 49.4 Å². The van der Waals surface area contributed by atoms with Crippen LogP contribution in [0, 0.1) is 6.92 Å². The van der Waals surface area contributed by atoms with Crippen molar-refractivity contribution in [3.05, 3.63) is 83.9 Å². The average Bonchev–Trinajstić information content (AvgIpc) is 3.06. The predicted octanol–water partition coefficient (Wildman–Crippen LogP) is 5.85. The first-order valence-electron chi connectivity index (χ1n) is 7.92. The van der Waals surface area contributed by atoms with E-state index in [4.69, 9.17) is 9.72 Å². The maximum atomic E-state index is 5.86. The fourth-order valence-electron chi connectivity index (χ4n) is 2.54. The second kappa shape index (κ2) is 6.46. The van der Waals surface area contributed by atoms with E-state index in [1.807, 2.05) is 30.3 Å². The van der Waals surface area contributed by atoms with E-state index >= 15 is 0 Å². The van der Waals surface area contributed by atoms with Crippen molar-refractivity contribution < 1.29 is 4.74 Å². The molecule has 0 spiro atoms. The van der Waals surface area contributed by atoms with E-state index in [-0.39, 0.29) is 0 Å². The number of ether oxygens (including phenoxy) is 1. The van der Waals surface area contributed by atoms with Crippen molar-refractivity contribution in [3.63, 3.8) is 0 Å². The zero-order chi connectivity index (χ0) is 16.4. The van der Waals surface area contributed by atoms with Gasteiger partial charge in [0.25, 0.3) is 0 Å². The lowest BCUT2D eigenvalue weighted by molar-refractivity contribution is 0.306. The van der Waals surface area contributed by atoms with E-state index in [0.717, 1.165) is 21.8 Å². The zero-order valence-electron chi connectivity index (χ0n) is 13.4. The highest BCUT2D eigenvalue weighted by molar-refractivity contribution is 7.21. The summed E-state index contributed by atoms with van der Waals surface area (Å²) in [4.78, 5) is 4.69. The van der Waals surface area contributed by atoms with Gasteiger partial charge in [0.1, 0.15) is 17.4 Å². The van der Waals surface area contributed by atoms with Crippen LogP contribution in [0.3, 0.4) is 0 Å². The van der Waals surface area contributed by atoms with Crippen LogP contribution in [0.1, 0.15) is 11.1 Å². The minimum Gasteiger partial charge on any atom is -0.489 e. The lowest BCUT2D eigenvalue weighted by Gasteiger charge is -2.07. The molecular formula is C21H17NOS. The molecule has 4 rings (SSSR count). The fraction of sp³-hybridized carbons (Fsp3) is 0.0952. The van der Waals surface area contributed by atoms with Crippen LogP contribution in [0.2, 0.25) is 0 Å². The summed E-state index contributed by atoms with van der Waals surface area (Å²) in [5.41, 5.74) is 4.62. The number of aryl methyl sites for hydroxylation is 1. The second-order valence-corrected chi connectivity index (χ2v) is 6.82. The number of hydrogen-bond acceptors (Lipinski definition) is 3. The van der Waals surface area contributed by atoms with Crippen LogP contribution in [-0.4, -0.2) is 4.98 Å². The Balaban J connectivity index is 1.48. The molecule has 0 amide bonds. The smallest absolute Gasteiger partial charge is 0.124 e. The number of thiazole rings is 1. The number of para-hydroxylation sites is 1. The van der Waals surface area contributed by atoms with Crippen molar-refractivity contribution in [2.24, 2.45) is 0 Å². The largest absolute Gasteiger partial charge is 0.489 e. The molecule has 0 saturated heterocycles. The van der Waals surface area contributed by atoms with Gasteiger partial charge < -0.3 is 4.74 Å². The van der Waals surface area contributed by atoms with Gasteiger partial charge in [0.05, 0.1) is 10.2 Å². The molecule has 0 radical (unpaired) electrons. The maximum absolute atomic E-state index is 5.86. The number of rotatable bonds is 4. The quantitative estimate of drug-likeness (QED) is 0.468. The number of hydrogen-bond donors (Lipinski definition) is 0. The molecule has 3 aromatic carbocycles. The Hall–Kier alpha value is -2.65. The van der Waals surface area contributed by atoms with Crippen LogP contribution in [0.25, 0.3) is 20.8 Å². The summed E-state index contributed by atoms with van der Waals surface area (Å²) in [5, 5.41) is 1.04. The van der Waals surface area contributed by atoms with Gasteiger partial charge in [-0.3, -0.25) is 0 Å². The molecule has 0 fully saturated rings. The molecular weight excluding hydrogens is 314 g/mol. The monoisotopic (exact) mass is 331 g/mol. The average molecular weight is 331 g/mol. The molecule has 0 N–H and O–H groups in total. The van der Waals surface area contributed by atoms with Crippen molar-refractivity contribution in [1.29, 1.82) is 0 Å². The first-order chi connectivity index (χ1) is 11.8. The molecule has 2 nitrogen and oxygen atoms in total. The summed E-state index contributed by atoms with van der Waals surface area (Å²) < 4.78 is 7.08. The molecule has 0 bridgehead atoms. The number of benzene rings is 3. The molecule has 0 aliphatic rings. The summed E-state index contributed by atoms with van der Waals surface area (Å²) >= 11 is 1.72. The van der Waals surface area contributed by atoms with Gasteiger partial charge in [-0.05, 0) is 48.9 Å². The van der Waals surface area contributed by atoms with E-state index in [0.29, 0.717) is 6.61 Å². The molecule has 0 unspecified atom stereocenters. The highest BCUT2D eigenvalue weighted by atomic mass is 32.1. The van der Waals surface area contributed by atoms with E-state index in [1.54, 1.807) is 11.3 Å². The minimum atomic E-state index is 0.584. The molecule has 0 atom stereocenters. The Labute approximate surface area is 145 Å². The van der Waals surface area contributed by atoms with Gasteiger partial charge in [-0.1, -0.05) is 42.0 Å². The van der Waals surface area contributed by atoms with Crippen LogP contribution in [-0.2, 0) is 6.61 Å². The Kier molecular flexibility index (Phi) is 4.01. The van der Waals surface area contributed by atoms with Crippen LogP contribution in [0.5, 0.6) is 5.75 Å². The maximum Gasteiger partial charge on any atom is 0.124 e. The Morgan fingerprint density at radius 1 is 0.875 bits per heavy atom.